The van der Waals surface area contributed by atoms with E-state index < -0.39 is 0 Å². The number of fused-ring (bicyclic) bond motifs is 1. The van der Waals surface area contributed by atoms with Gasteiger partial charge in [-0.1, -0.05) is 19.4 Å². The number of methoxy groups -OCH3 is 1. The average molecular weight is 467 g/mol. The molecule has 1 fully saturated rings. The molecule has 0 unspecified atom stereocenters. The second kappa shape index (κ2) is 10.7. The summed E-state index contributed by atoms with van der Waals surface area (Å²) < 4.78 is 7.47. The smallest absolute Gasteiger partial charge is 0.251 e. The van der Waals surface area contributed by atoms with Crippen LogP contribution in [0, 0.1) is 0 Å². The minimum Gasteiger partial charge on any atom is -0.496 e. The van der Waals surface area contributed by atoms with Gasteiger partial charge >= 0.3 is 0 Å². The van der Waals surface area contributed by atoms with Crippen molar-refractivity contribution in [3.63, 3.8) is 0 Å². The second-order valence-corrected chi connectivity index (χ2v) is 8.82. The quantitative estimate of drug-likeness (QED) is 0.411. The number of carbonyl (C=O) groups excluding carboxylic acids is 1. The molecule has 3 aromatic rings. The van der Waals surface area contributed by atoms with Crippen molar-refractivity contribution >= 4 is 28.7 Å². The Hall–Kier alpha value is -3.40. The molecule has 0 atom stereocenters. The molecule has 0 spiro atoms. The molecule has 2 aromatic heterocycles. The molecule has 182 valence electrons. The van der Waals surface area contributed by atoms with Gasteiger partial charge in [-0.15, -0.1) is 0 Å². The molecule has 0 saturated carbocycles. The highest BCUT2D eigenvalue weighted by molar-refractivity contribution is 5.95. The number of aromatic nitrogens is 4. The van der Waals surface area contributed by atoms with Crippen LogP contribution < -0.4 is 21.1 Å². The first-order valence-corrected chi connectivity index (χ1v) is 11.9. The fourth-order valence-electron chi connectivity index (χ4n) is 4.24. The predicted molar refractivity (Wildman–Crippen MR) is 133 cm³/mol. The van der Waals surface area contributed by atoms with Crippen molar-refractivity contribution < 1.29 is 9.53 Å². The summed E-state index contributed by atoms with van der Waals surface area (Å²) in [5, 5.41) is 11.0. The minimum atomic E-state index is -0.0739. The number of ether oxygens (including phenoxy) is 1. The van der Waals surface area contributed by atoms with Crippen molar-refractivity contribution in [2.75, 3.05) is 44.8 Å². The van der Waals surface area contributed by atoms with E-state index in [9.17, 15) is 4.79 Å². The summed E-state index contributed by atoms with van der Waals surface area (Å²) in [6.45, 7) is 5.36. The lowest BCUT2D eigenvalue weighted by molar-refractivity contribution is 0.0916. The summed E-state index contributed by atoms with van der Waals surface area (Å²) >= 11 is 0. The third-order valence-corrected chi connectivity index (χ3v) is 6.25. The van der Waals surface area contributed by atoms with E-state index in [2.05, 4.69) is 44.6 Å². The molecule has 1 aliphatic rings. The Morgan fingerprint density at radius 3 is 2.79 bits per heavy atom. The Bertz CT molecular complexity index is 1140. The van der Waals surface area contributed by atoms with Crippen molar-refractivity contribution in [3.05, 3.63) is 35.5 Å². The lowest BCUT2D eigenvalue weighted by Gasteiger charge is -2.29. The zero-order valence-corrected chi connectivity index (χ0v) is 20.2. The van der Waals surface area contributed by atoms with Gasteiger partial charge in [-0.2, -0.15) is 10.1 Å². The van der Waals surface area contributed by atoms with Gasteiger partial charge in [-0.3, -0.25) is 9.48 Å². The van der Waals surface area contributed by atoms with E-state index in [0.29, 0.717) is 29.2 Å². The molecule has 0 aliphatic carbocycles. The van der Waals surface area contributed by atoms with Gasteiger partial charge in [0.05, 0.1) is 19.9 Å². The number of unbranched alkanes of at least 4 members (excludes halogenated alkanes) is 1. The van der Waals surface area contributed by atoms with Crippen LogP contribution in [-0.4, -0.2) is 70.4 Å². The molecule has 34 heavy (non-hydrogen) atoms. The number of rotatable bonds is 9. The van der Waals surface area contributed by atoms with Gasteiger partial charge in [0.25, 0.3) is 5.91 Å². The number of nitrogens with zero attached hydrogens (tertiary/aromatic N) is 5. The normalized spacial score (nSPS) is 14.9. The minimum absolute atomic E-state index is 0.0739. The Kier molecular flexibility index (Phi) is 7.46. The highest BCUT2D eigenvalue weighted by atomic mass is 16.5. The van der Waals surface area contributed by atoms with Gasteiger partial charge < -0.3 is 26.0 Å². The molecular formula is C24H34N8O2. The van der Waals surface area contributed by atoms with Crippen LogP contribution in [0.1, 0.15) is 48.5 Å². The van der Waals surface area contributed by atoms with E-state index in [1.54, 1.807) is 19.4 Å². The van der Waals surface area contributed by atoms with Crippen LogP contribution in [0.15, 0.2) is 24.4 Å². The van der Waals surface area contributed by atoms with E-state index >= 15 is 0 Å². The van der Waals surface area contributed by atoms with Crippen molar-refractivity contribution in [3.8, 4) is 5.75 Å². The number of carbonyl (C=O) groups is 1. The SMILES string of the molecule is CCCCNc1nc(N)nc2cnn(Cc3ccc(C(=O)NC4CCN(C)CC4)cc3OC)c12. The lowest BCUT2D eigenvalue weighted by atomic mass is 10.0. The number of hydrogen-bond donors (Lipinski definition) is 3. The van der Waals surface area contributed by atoms with Crippen molar-refractivity contribution in [2.45, 2.75) is 45.2 Å². The van der Waals surface area contributed by atoms with Crippen LogP contribution in [0.3, 0.4) is 0 Å². The molecule has 10 heteroatoms. The number of amides is 1. The van der Waals surface area contributed by atoms with Crippen molar-refractivity contribution in [1.29, 1.82) is 0 Å². The molecule has 0 radical (unpaired) electrons. The molecule has 0 bridgehead atoms. The van der Waals surface area contributed by atoms with Crippen LogP contribution in [0.25, 0.3) is 11.0 Å². The molecule has 1 aromatic carbocycles. The van der Waals surface area contributed by atoms with Gasteiger partial charge in [0.2, 0.25) is 5.95 Å². The molecule has 10 nitrogen and oxygen atoms in total. The first-order valence-electron chi connectivity index (χ1n) is 11.9. The van der Waals surface area contributed by atoms with Crippen LogP contribution >= 0.6 is 0 Å². The molecule has 1 amide bonds. The van der Waals surface area contributed by atoms with E-state index in [4.69, 9.17) is 10.5 Å². The highest BCUT2D eigenvalue weighted by Gasteiger charge is 2.20. The molecule has 4 N–H and O–H groups in total. The van der Waals surface area contributed by atoms with Gasteiger partial charge in [-0.25, -0.2) is 4.98 Å². The standard InChI is InChI=1S/C24H34N8O2/c1-4-5-10-26-22-21-19(29-24(25)30-22)14-27-32(21)15-17-7-6-16(13-20(17)34-3)23(33)28-18-8-11-31(2)12-9-18/h6-7,13-14,18H,4-5,8-12,15H2,1-3H3,(H,28,33)(H3,25,26,29,30). The van der Waals surface area contributed by atoms with Crippen LogP contribution in [0.5, 0.6) is 5.75 Å². The summed E-state index contributed by atoms with van der Waals surface area (Å²) in [4.78, 5) is 23.8. The number of likely N-dealkylation sites (tertiary alicyclic amines) is 1. The third kappa shape index (κ3) is 5.39. The molecular weight excluding hydrogens is 432 g/mol. The largest absolute Gasteiger partial charge is 0.496 e. The number of anilines is 2. The number of nitrogen functional groups attached to an aromatic ring is 1. The maximum absolute atomic E-state index is 12.8. The Morgan fingerprint density at radius 2 is 2.06 bits per heavy atom. The fraction of sp³-hybridized carbons (Fsp3) is 0.500. The van der Waals surface area contributed by atoms with Crippen LogP contribution in [0.2, 0.25) is 0 Å². The molecule has 4 rings (SSSR count). The zero-order valence-electron chi connectivity index (χ0n) is 20.2. The van der Waals surface area contributed by atoms with Gasteiger partial charge in [0, 0.05) is 23.7 Å². The Morgan fingerprint density at radius 1 is 1.26 bits per heavy atom. The number of benzene rings is 1. The zero-order chi connectivity index (χ0) is 24.1. The van der Waals surface area contributed by atoms with Crippen LogP contribution in [0.4, 0.5) is 11.8 Å². The van der Waals surface area contributed by atoms with Crippen molar-refractivity contribution in [2.24, 2.45) is 0 Å². The number of hydrogen-bond acceptors (Lipinski definition) is 8. The summed E-state index contributed by atoms with van der Waals surface area (Å²) in [5.41, 5.74) is 8.85. The number of nitrogens with one attached hydrogen (secondary N) is 2. The van der Waals surface area contributed by atoms with E-state index in [1.807, 2.05) is 16.8 Å². The third-order valence-electron chi connectivity index (χ3n) is 6.25. The van der Waals surface area contributed by atoms with Gasteiger partial charge in [0.1, 0.15) is 16.8 Å². The predicted octanol–water partition coefficient (Wildman–Crippen LogP) is 2.50. The maximum Gasteiger partial charge on any atom is 0.251 e. The number of nitrogens with two attached hydrogens (primary N) is 1. The van der Waals surface area contributed by atoms with Gasteiger partial charge in [0.15, 0.2) is 5.82 Å². The molecule has 1 saturated heterocycles. The van der Waals surface area contributed by atoms with Crippen molar-refractivity contribution in [1.82, 2.24) is 30.0 Å². The first-order chi connectivity index (χ1) is 16.5. The van der Waals surface area contributed by atoms with Gasteiger partial charge in [-0.05, 0) is 51.5 Å². The fourth-order valence-corrected chi connectivity index (χ4v) is 4.24. The summed E-state index contributed by atoms with van der Waals surface area (Å²) in [7, 11) is 3.72. The summed E-state index contributed by atoms with van der Waals surface area (Å²) in [6, 6.07) is 5.75. The topological polar surface area (TPSA) is 123 Å². The highest BCUT2D eigenvalue weighted by Crippen LogP contribution is 2.26. The molecule has 1 aliphatic heterocycles. The lowest BCUT2D eigenvalue weighted by Crippen LogP contribution is -2.43. The van der Waals surface area contributed by atoms with E-state index in [-0.39, 0.29) is 17.9 Å². The Balaban J connectivity index is 1.54. The second-order valence-electron chi connectivity index (χ2n) is 8.82. The van der Waals surface area contributed by atoms with E-state index in [1.165, 1.54) is 0 Å². The summed E-state index contributed by atoms with van der Waals surface area (Å²) in [5.74, 6) is 1.44. The van der Waals surface area contributed by atoms with E-state index in [0.717, 1.165) is 56.4 Å². The van der Waals surface area contributed by atoms with Crippen LogP contribution in [-0.2, 0) is 6.54 Å². The first kappa shape index (κ1) is 23.7. The Labute approximate surface area is 199 Å². The maximum atomic E-state index is 12.8. The average Bonchev–Trinajstić information content (AvgIpc) is 3.23. The number of piperidine rings is 1. The monoisotopic (exact) mass is 466 g/mol. The summed E-state index contributed by atoms with van der Waals surface area (Å²) in [6.07, 6.45) is 5.71. The molecule has 3 heterocycles.